The minimum absolute atomic E-state index is 0.110. The van der Waals surface area contributed by atoms with Gasteiger partial charge in [-0.1, -0.05) is 15.9 Å². The molecule has 0 fully saturated rings. The lowest BCUT2D eigenvalue weighted by Crippen LogP contribution is -2.25. The first-order valence-electron chi connectivity index (χ1n) is 5.49. The molecule has 20 heavy (non-hydrogen) atoms. The first kappa shape index (κ1) is 16.5. The Morgan fingerprint density at radius 1 is 1.45 bits per heavy atom. The number of aromatic nitrogens is 1. The van der Waals surface area contributed by atoms with E-state index in [9.17, 15) is 22.8 Å². The Labute approximate surface area is 120 Å². The van der Waals surface area contributed by atoms with Crippen LogP contribution in [0.1, 0.15) is 18.2 Å². The summed E-state index contributed by atoms with van der Waals surface area (Å²) in [7, 11) is 0. The fraction of sp³-hybridized carbons (Fsp3) is 0.455. The van der Waals surface area contributed by atoms with Crippen molar-refractivity contribution in [2.75, 3.05) is 6.61 Å². The molecule has 0 amide bonds. The maximum Gasteiger partial charge on any atom is 0.573 e. The number of hydrogen-bond acceptors (Lipinski definition) is 4. The van der Waals surface area contributed by atoms with Crippen molar-refractivity contribution >= 4 is 21.9 Å². The molecule has 112 valence electrons. The van der Waals surface area contributed by atoms with Crippen LogP contribution >= 0.6 is 15.9 Å². The van der Waals surface area contributed by atoms with Crippen LogP contribution in [0, 0.1) is 0 Å². The Morgan fingerprint density at radius 3 is 2.60 bits per heavy atom. The molecule has 1 rings (SSSR count). The van der Waals surface area contributed by atoms with Crippen molar-refractivity contribution in [1.82, 2.24) is 4.98 Å². The normalized spacial score (nSPS) is 11.2. The fourth-order valence-corrected chi connectivity index (χ4v) is 1.95. The van der Waals surface area contributed by atoms with Gasteiger partial charge in [0.1, 0.15) is 0 Å². The van der Waals surface area contributed by atoms with Crippen LogP contribution in [0.15, 0.2) is 11.0 Å². The summed E-state index contributed by atoms with van der Waals surface area (Å²) >= 11 is 3.07. The minimum Gasteiger partial charge on any atom is -0.466 e. The molecule has 0 spiro atoms. The van der Waals surface area contributed by atoms with Gasteiger partial charge in [-0.3, -0.25) is 9.59 Å². The second-order valence-corrected chi connectivity index (χ2v) is 4.16. The molecule has 1 aromatic heterocycles. The number of H-pyrrole nitrogens is 1. The number of carbonyl (C=O) groups excluding carboxylic acids is 1. The highest BCUT2D eigenvalue weighted by atomic mass is 79.9. The SMILES string of the molecule is CCOC(=O)Cc1c(CBr)[nH]cc(OC(F)(F)F)c1=O. The highest BCUT2D eigenvalue weighted by Crippen LogP contribution is 2.20. The van der Waals surface area contributed by atoms with Gasteiger partial charge in [0.2, 0.25) is 5.43 Å². The van der Waals surface area contributed by atoms with E-state index in [2.05, 4.69) is 30.4 Å². The predicted octanol–water partition coefficient (Wildman–Crippen LogP) is 2.27. The van der Waals surface area contributed by atoms with Crippen molar-refractivity contribution in [3.05, 3.63) is 27.7 Å². The van der Waals surface area contributed by atoms with E-state index in [1.165, 1.54) is 0 Å². The Bertz CT molecular complexity index is 541. The molecule has 0 aliphatic carbocycles. The van der Waals surface area contributed by atoms with Gasteiger partial charge in [-0.2, -0.15) is 0 Å². The van der Waals surface area contributed by atoms with E-state index in [1.54, 1.807) is 6.92 Å². The monoisotopic (exact) mass is 357 g/mol. The summed E-state index contributed by atoms with van der Waals surface area (Å²) in [6.07, 6.45) is -4.61. The Kier molecular flexibility index (Phi) is 5.61. The van der Waals surface area contributed by atoms with E-state index < -0.39 is 29.9 Å². The van der Waals surface area contributed by atoms with E-state index in [1.807, 2.05) is 0 Å². The van der Waals surface area contributed by atoms with Crippen LogP contribution in [-0.4, -0.2) is 23.9 Å². The summed E-state index contributed by atoms with van der Waals surface area (Å²) in [6, 6.07) is 0. The fourth-order valence-electron chi connectivity index (χ4n) is 1.45. The molecular formula is C11H11BrF3NO4. The molecule has 0 radical (unpaired) electrons. The largest absolute Gasteiger partial charge is 0.573 e. The molecular weight excluding hydrogens is 347 g/mol. The maximum atomic E-state index is 12.1. The average Bonchev–Trinajstić information content (AvgIpc) is 2.33. The van der Waals surface area contributed by atoms with Gasteiger partial charge in [-0.15, -0.1) is 13.2 Å². The van der Waals surface area contributed by atoms with Crippen molar-refractivity contribution in [1.29, 1.82) is 0 Å². The molecule has 0 bridgehead atoms. The third-order valence-electron chi connectivity index (χ3n) is 2.23. The maximum absolute atomic E-state index is 12.1. The van der Waals surface area contributed by atoms with E-state index in [0.717, 1.165) is 6.20 Å². The number of rotatable bonds is 5. The molecule has 1 N–H and O–H groups in total. The Morgan fingerprint density at radius 2 is 2.10 bits per heavy atom. The zero-order chi connectivity index (χ0) is 15.3. The van der Waals surface area contributed by atoms with Gasteiger partial charge in [0.15, 0.2) is 5.75 Å². The molecule has 0 saturated carbocycles. The molecule has 5 nitrogen and oxygen atoms in total. The lowest BCUT2D eigenvalue weighted by molar-refractivity contribution is -0.275. The molecule has 1 aromatic rings. The van der Waals surface area contributed by atoms with Gasteiger partial charge in [-0.25, -0.2) is 0 Å². The van der Waals surface area contributed by atoms with Crippen LogP contribution in [0.25, 0.3) is 0 Å². The number of aromatic amines is 1. The van der Waals surface area contributed by atoms with Crippen molar-refractivity contribution in [2.24, 2.45) is 0 Å². The molecule has 0 atom stereocenters. The highest BCUT2D eigenvalue weighted by molar-refractivity contribution is 9.08. The third kappa shape index (κ3) is 4.55. The van der Waals surface area contributed by atoms with Gasteiger partial charge < -0.3 is 14.5 Å². The second kappa shape index (κ2) is 6.78. The van der Waals surface area contributed by atoms with Crippen molar-refractivity contribution in [3.63, 3.8) is 0 Å². The van der Waals surface area contributed by atoms with E-state index >= 15 is 0 Å². The zero-order valence-corrected chi connectivity index (χ0v) is 11.9. The molecule has 9 heteroatoms. The summed E-state index contributed by atoms with van der Waals surface area (Å²) in [4.78, 5) is 25.8. The topological polar surface area (TPSA) is 68.4 Å². The molecule has 0 aliphatic heterocycles. The standard InChI is InChI=1S/C11H11BrF3NO4/c1-2-19-9(17)3-6-7(4-12)16-5-8(10(6)18)20-11(13,14)15/h5H,2-4H2,1H3,(H,16,18). The Hall–Kier alpha value is -1.51. The van der Waals surface area contributed by atoms with E-state index in [0.29, 0.717) is 0 Å². The first-order valence-corrected chi connectivity index (χ1v) is 6.61. The smallest absolute Gasteiger partial charge is 0.466 e. The second-order valence-electron chi connectivity index (χ2n) is 3.60. The number of nitrogens with one attached hydrogen (secondary N) is 1. The van der Waals surface area contributed by atoms with Crippen molar-refractivity contribution in [2.45, 2.75) is 25.0 Å². The van der Waals surface area contributed by atoms with Crippen molar-refractivity contribution < 1.29 is 27.4 Å². The Balaban J connectivity index is 3.16. The number of pyridine rings is 1. The van der Waals surface area contributed by atoms with E-state index in [4.69, 9.17) is 0 Å². The summed E-state index contributed by atoms with van der Waals surface area (Å²) < 4.78 is 44.7. The third-order valence-corrected chi connectivity index (χ3v) is 2.79. The summed E-state index contributed by atoms with van der Waals surface area (Å²) in [5.41, 5.74) is -0.830. The molecule has 0 unspecified atom stereocenters. The highest BCUT2D eigenvalue weighted by Gasteiger charge is 2.33. The van der Waals surface area contributed by atoms with Crippen LogP contribution in [0.4, 0.5) is 13.2 Å². The van der Waals surface area contributed by atoms with Crippen LogP contribution in [0.2, 0.25) is 0 Å². The van der Waals surface area contributed by atoms with Gasteiger partial charge >= 0.3 is 12.3 Å². The number of ether oxygens (including phenoxy) is 2. The van der Waals surface area contributed by atoms with Gasteiger partial charge in [-0.05, 0) is 6.92 Å². The lowest BCUT2D eigenvalue weighted by Gasteiger charge is -2.11. The number of halogens is 4. The molecule has 1 heterocycles. The summed E-state index contributed by atoms with van der Waals surface area (Å²) in [5.74, 6) is -1.62. The number of carbonyl (C=O) groups is 1. The molecule has 0 aromatic carbocycles. The quantitative estimate of drug-likeness (QED) is 0.648. The van der Waals surface area contributed by atoms with Gasteiger partial charge in [0.25, 0.3) is 0 Å². The minimum atomic E-state index is -4.98. The molecule has 0 saturated heterocycles. The average molecular weight is 358 g/mol. The van der Waals surface area contributed by atoms with Gasteiger partial charge in [0.05, 0.1) is 13.0 Å². The number of alkyl halides is 4. The summed E-state index contributed by atoms with van der Waals surface area (Å²) in [6.45, 7) is 1.69. The zero-order valence-electron chi connectivity index (χ0n) is 10.3. The van der Waals surface area contributed by atoms with Crippen LogP contribution < -0.4 is 10.2 Å². The van der Waals surface area contributed by atoms with Crippen LogP contribution in [-0.2, 0) is 21.3 Å². The number of esters is 1. The predicted molar refractivity (Wildman–Crippen MR) is 66.7 cm³/mol. The summed E-state index contributed by atoms with van der Waals surface area (Å²) in [5, 5.41) is 0.170. The van der Waals surface area contributed by atoms with Crippen LogP contribution in [0.5, 0.6) is 5.75 Å². The molecule has 0 aliphatic rings. The van der Waals surface area contributed by atoms with Gasteiger partial charge in [0, 0.05) is 22.8 Å². The van der Waals surface area contributed by atoms with Crippen LogP contribution in [0.3, 0.4) is 0 Å². The first-order chi connectivity index (χ1) is 9.28. The lowest BCUT2D eigenvalue weighted by atomic mass is 10.1. The van der Waals surface area contributed by atoms with E-state index in [-0.39, 0.29) is 23.2 Å². The number of hydrogen-bond donors (Lipinski definition) is 1. The van der Waals surface area contributed by atoms with Crippen molar-refractivity contribution in [3.8, 4) is 5.75 Å².